The lowest BCUT2D eigenvalue weighted by Gasteiger charge is -2.09. The summed E-state index contributed by atoms with van der Waals surface area (Å²) in [6, 6.07) is 5.56. The van der Waals surface area contributed by atoms with Crippen molar-refractivity contribution in [2.24, 2.45) is 0 Å². The van der Waals surface area contributed by atoms with Crippen LogP contribution in [0.4, 0.5) is 0 Å². The van der Waals surface area contributed by atoms with E-state index >= 15 is 0 Å². The zero-order valence-electron chi connectivity index (χ0n) is 6.93. The highest BCUT2D eigenvalue weighted by Gasteiger charge is 2.21. The van der Waals surface area contributed by atoms with Crippen molar-refractivity contribution in [2.45, 2.75) is 6.29 Å². The van der Waals surface area contributed by atoms with E-state index in [2.05, 4.69) is 4.98 Å². The number of pyridine rings is 1. The van der Waals surface area contributed by atoms with Gasteiger partial charge in [-0.15, -0.1) is 0 Å². The van der Waals surface area contributed by atoms with Gasteiger partial charge in [0.25, 0.3) is 0 Å². The Morgan fingerprint density at radius 3 is 2.92 bits per heavy atom. The van der Waals surface area contributed by atoms with Crippen molar-refractivity contribution >= 4 is 0 Å². The monoisotopic (exact) mass is 176 g/mol. The smallest absolute Gasteiger partial charge is 0.186 e. The largest absolute Gasteiger partial charge is 0.346 e. The summed E-state index contributed by atoms with van der Waals surface area (Å²) in [7, 11) is 0. The molecule has 2 heterocycles. The molecule has 4 nitrogen and oxygen atoms in total. The third kappa shape index (κ3) is 1.52. The van der Waals surface area contributed by atoms with Crippen LogP contribution in [0.2, 0.25) is 0 Å². The fourth-order valence-corrected chi connectivity index (χ4v) is 1.24. The fourth-order valence-electron chi connectivity index (χ4n) is 1.24. The lowest BCUT2D eigenvalue weighted by Crippen LogP contribution is -2.02. The first-order valence-electron chi connectivity index (χ1n) is 4.00. The second-order valence-electron chi connectivity index (χ2n) is 2.63. The molecule has 0 radical (unpaired) electrons. The Hall–Kier alpha value is -1.44. The third-order valence-electron chi connectivity index (χ3n) is 1.82. The molecule has 0 atom stereocenters. The lowest BCUT2D eigenvalue weighted by molar-refractivity contribution is -0.0445. The zero-order valence-corrected chi connectivity index (χ0v) is 6.93. The van der Waals surface area contributed by atoms with Crippen LogP contribution in [0.15, 0.2) is 18.3 Å². The molecule has 1 aromatic rings. The summed E-state index contributed by atoms with van der Waals surface area (Å²) in [5.41, 5.74) is 1.08. The first-order valence-corrected chi connectivity index (χ1v) is 4.00. The first kappa shape index (κ1) is 8.17. The molecule has 1 fully saturated rings. The van der Waals surface area contributed by atoms with Crippen molar-refractivity contribution in [3.63, 3.8) is 0 Å². The maximum atomic E-state index is 8.76. The summed E-state index contributed by atoms with van der Waals surface area (Å²) in [5.74, 6) is 0. The summed E-state index contributed by atoms with van der Waals surface area (Å²) in [5, 5.41) is 8.76. The molecule has 1 aliphatic rings. The van der Waals surface area contributed by atoms with E-state index in [9.17, 15) is 0 Å². The van der Waals surface area contributed by atoms with Crippen LogP contribution in [0.5, 0.6) is 0 Å². The zero-order chi connectivity index (χ0) is 9.10. The molecule has 1 saturated heterocycles. The number of rotatable bonds is 1. The van der Waals surface area contributed by atoms with Crippen molar-refractivity contribution in [1.29, 1.82) is 5.26 Å². The van der Waals surface area contributed by atoms with Crippen LogP contribution in [0.3, 0.4) is 0 Å². The van der Waals surface area contributed by atoms with Gasteiger partial charge in [-0.2, -0.15) is 5.26 Å². The molecule has 13 heavy (non-hydrogen) atoms. The Labute approximate surface area is 75.7 Å². The van der Waals surface area contributed by atoms with E-state index in [1.807, 2.05) is 6.07 Å². The van der Waals surface area contributed by atoms with E-state index in [-0.39, 0.29) is 0 Å². The number of ether oxygens (including phenoxy) is 2. The second kappa shape index (κ2) is 3.52. The van der Waals surface area contributed by atoms with Crippen molar-refractivity contribution < 1.29 is 9.47 Å². The van der Waals surface area contributed by atoms with Gasteiger partial charge in [0.05, 0.1) is 13.2 Å². The predicted octanol–water partition coefficient (Wildman–Crippen LogP) is 0.999. The van der Waals surface area contributed by atoms with E-state index in [4.69, 9.17) is 14.7 Å². The van der Waals surface area contributed by atoms with Crippen LogP contribution in [0.1, 0.15) is 17.5 Å². The Balaban J connectivity index is 2.33. The first-order chi connectivity index (χ1) is 6.42. The number of hydrogen-bond acceptors (Lipinski definition) is 4. The molecule has 1 aliphatic heterocycles. The van der Waals surface area contributed by atoms with Crippen LogP contribution in [-0.2, 0) is 9.47 Å². The van der Waals surface area contributed by atoms with E-state index in [1.54, 1.807) is 18.3 Å². The lowest BCUT2D eigenvalue weighted by atomic mass is 10.2. The molecule has 2 rings (SSSR count). The van der Waals surface area contributed by atoms with Gasteiger partial charge >= 0.3 is 0 Å². The molecule has 0 spiro atoms. The van der Waals surface area contributed by atoms with Gasteiger partial charge in [-0.25, -0.2) is 4.98 Å². The minimum Gasteiger partial charge on any atom is -0.346 e. The van der Waals surface area contributed by atoms with Crippen LogP contribution >= 0.6 is 0 Å². The molecular formula is C9H8N2O2. The van der Waals surface area contributed by atoms with Crippen molar-refractivity contribution in [2.75, 3.05) is 13.2 Å². The second-order valence-corrected chi connectivity index (χ2v) is 2.63. The summed E-state index contributed by atoms with van der Waals surface area (Å²) in [6.45, 7) is 1.15. The van der Waals surface area contributed by atoms with Gasteiger partial charge < -0.3 is 9.47 Å². The molecule has 66 valence electrons. The van der Waals surface area contributed by atoms with Crippen LogP contribution in [0.25, 0.3) is 0 Å². The van der Waals surface area contributed by atoms with Crippen LogP contribution in [-0.4, -0.2) is 18.2 Å². The maximum absolute atomic E-state index is 8.76. The van der Waals surface area contributed by atoms with E-state index in [0.717, 1.165) is 0 Å². The average Bonchev–Trinajstić information content (AvgIpc) is 2.70. The van der Waals surface area contributed by atoms with Crippen molar-refractivity contribution in [3.05, 3.63) is 29.6 Å². The van der Waals surface area contributed by atoms with Gasteiger partial charge in [-0.05, 0) is 12.1 Å². The topological polar surface area (TPSA) is 55.1 Å². The normalized spacial score (nSPS) is 17.2. The molecular weight excluding hydrogens is 168 g/mol. The molecule has 0 aromatic carbocycles. The number of hydrogen-bond donors (Lipinski definition) is 0. The Kier molecular flexibility index (Phi) is 2.21. The van der Waals surface area contributed by atoms with Gasteiger partial charge in [-0.1, -0.05) is 0 Å². The number of nitriles is 1. The average molecular weight is 176 g/mol. The van der Waals surface area contributed by atoms with E-state index in [0.29, 0.717) is 24.5 Å². The Morgan fingerprint density at radius 1 is 1.46 bits per heavy atom. The molecule has 0 unspecified atom stereocenters. The van der Waals surface area contributed by atoms with Gasteiger partial charge in [0.2, 0.25) is 0 Å². The van der Waals surface area contributed by atoms with E-state index < -0.39 is 6.29 Å². The summed E-state index contributed by atoms with van der Waals surface area (Å²) < 4.78 is 10.5. The summed E-state index contributed by atoms with van der Waals surface area (Å²) in [4.78, 5) is 3.92. The molecule has 1 aromatic heterocycles. The third-order valence-corrected chi connectivity index (χ3v) is 1.82. The van der Waals surface area contributed by atoms with Gasteiger partial charge in [0.1, 0.15) is 11.8 Å². The fraction of sp³-hybridized carbons (Fsp3) is 0.333. The highest BCUT2D eigenvalue weighted by atomic mass is 16.7. The van der Waals surface area contributed by atoms with Gasteiger partial charge in [0, 0.05) is 11.8 Å². The van der Waals surface area contributed by atoms with Crippen LogP contribution < -0.4 is 0 Å². The quantitative estimate of drug-likeness (QED) is 0.640. The minimum absolute atomic E-state index is 0.370. The predicted molar refractivity (Wildman–Crippen MR) is 43.6 cm³/mol. The molecule has 0 amide bonds. The molecule has 0 N–H and O–H groups in total. The minimum atomic E-state index is -0.414. The Morgan fingerprint density at radius 2 is 2.23 bits per heavy atom. The molecule has 0 aliphatic carbocycles. The number of nitrogens with zero attached hydrogens (tertiary/aromatic N) is 2. The van der Waals surface area contributed by atoms with Crippen molar-refractivity contribution in [1.82, 2.24) is 4.98 Å². The summed E-state index contributed by atoms with van der Waals surface area (Å²) in [6.07, 6.45) is 1.17. The molecule has 0 bridgehead atoms. The Bertz CT molecular complexity index is 340. The standard InChI is InChI=1S/C9H8N2O2/c10-6-8-7(2-1-3-11-8)9-12-4-5-13-9/h1-3,9H,4-5H2. The van der Waals surface area contributed by atoms with Crippen LogP contribution in [0, 0.1) is 11.3 Å². The highest BCUT2D eigenvalue weighted by molar-refractivity contribution is 5.31. The van der Waals surface area contributed by atoms with Gasteiger partial charge in [0.15, 0.2) is 6.29 Å². The van der Waals surface area contributed by atoms with Crippen molar-refractivity contribution in [3.8, 4) is 6.07 Å². The SMILES string of the molecule is N#Cc1ncccc1C1OCCO1. The highest BCUT2D eigenvalue weighted by Crippen LogP contribution is 2.24. The molecule has 0 saturated carbocycles. The summed E-state index contributed by atoms with van der Waals surface area (Å²) >= 11 is 0. The van der Waals surface area contributed by atoms with Gasteiger partial charge in [-0.3, -0.25) is 0 Å². The maximum Gasteiger partial charge on any atom is 0.186 e. The van der Waals surface area contributed by atoms with E-state index in [1.165, 1.54) is 0 Å². The molecule has 4 heteroatoms. The number of aromatic nitrogens is 1.